The molecule has 1 saturated carbocycles. The third-order valence-corrected chi connectivity index (χ3v) is 3.70. The predicted molar refractivity (Wildman–Crippen MR) is 65.9 cm³/mol. The van der Waals surface area contributed by atoms with Crippen molar-refractivity contribution in [2.24, 2.45) is 0 Å². The highest BCUT2D eigenvalue weighted by Gasteiger charge is 2.34. The van der Waals surface area contributed by atoms with E-state index in [1.54, 1.807) is 6.20 Å². The van der Waals surface area contributed by atoms with Crippen LogP contribution in [0.15, 0.2) is 18.3 Å². The molecule has 0 aromatic carbocycles. The fraction of sp³-hybridized carbons (Fsp3) is 0.583. The molecule has 1 unspecified atom stereocenters. The van der Waals surface area contributed by atoms with Gasteiger partial charge in [0.15, 0.2) is 5.15 Å². The molecule has 4 heteroatoms. The first-order valence-corrected chi connectivity index (χ1v) is 6.32. The Balaban J connectivity index is 1.61. The first-order valence-electron chi connectivity index (χ1n) is 5.94. The summed E-state index contributed by atoms with van der Waals surface area (Å²) in [6.07, 6.45) is 5.71. The fourth-order valence-electron chi connectivity index (χ4n) is 2.39. The van der Waals surface area contributed by atoms with Gasteiger partial charge in [-0.2, -0.15) is 0 Å². The summed E-state index contributed by atoms with van der Waals surface area (Å²) in [6.45, 7) is 2.37. The lowest BCUT2D eigenvalue weighted by Gasteiger charge is -2.16. The summed E-state index contributed by atoms with van der Waals surface area (Å²) in [5.41, 5.74) is 0.965. The maximum atomic E-state index is 6.03. The molecule has 3 nitrogen and oxygen atoms in total. The van der Waals surface area contributed by atoms with E-state index in [0.717, 1.165) is 18.3 Å². The van der Waals surface area contributed by atoms with Crippen molar-refractivity contribution in [1.29, 1.82) is 0 Å². The number of nitrogens with one attached hydrogen (secondary N) is 1. The first-order chi connectivity index (χ1) is 7.83. The van der Waals surface area contributed by atoms with E-state index in [1.165, 1.54) is 25.8 Å². The molecule has 16 heavy (non-hydrogen) atoms. The van der Waals surface area contributed by atoms with Crippen LogP contribution in [0.25, 0.3) is 0 Å². The monoisotopic (exact) mass is 237 g/mol. The van der Waals surface area contributed by atoms with Gasteiger partial charge in [0.2, 0.25) is 0 Å². The van der Waals surface area contributed by atoms with Crippen molar-refractivity contribution in [2.45, 2.75) is 31.3 Å². The molecule has 0 bridgehead atoms. The summed E-state index contributed by atoms with van der Waals surface area (Å²) < 4.78 is 0. The van der Waals surface area contributed by atoms with E-state index in [2.05, 4.69) is 15.2 Å². The Morgan fingerprint density at radius 3 is 3.00 bits per heavy atom. The van der Waals surface area contributed by atoms with Crippen LogP contribution in [0.1, 0.15) is 19.3 Å². The van der Waals surface area contributed by atoms with E-state index in [0.29, 0.717) is 11.2 Å². The molecule has 1 aromatic rings. The van der Waals surface area contributed by atoms with Gasteiger partial charge in [-0.05, 0) is 31.4 Å². The molecule has 1 aromatic heterocycles. The highest BCUT2D eigenvalue weighted by Crippen LogP contribution is 2.31. The number of aromatic nitrogens is 1. The van der Waals surface area contributed by atoms with Crippen molar-refractivity contribution >= 4 is 17.3 Å². The van der Waals surface area contributed by atoms with E-state index < -0.39 is 0 Å². The number of halogens is 1. The van der Waals surface area contributed by atoms with Crippen LogP contribution in [0.4, 0.5) is 5.69 Å². The summed E-state index contributed by atoms with van der Waals surface area (Å²) in [5, 5.41) is 4.06. The standard InChI is InChI=1S/C12H16ClN3/c13-12-11(2-1-6-14-12)15-9-5-7-16(8-9)10-3-4-10/h1-2,6,9-10,15H,3-5,7-8H2. The second-order valence-corrected chi connectivity index (χ2v) is 5.06. The number of hydrogen-bond donors (Lipinski definition) is 1. The lowest BCUT2D eigenvalue weighted by atomic mass is 10.2. The van der Waals surface area contributed by atoms with Gasteiger partial charge >= 0.3 is 0 Å². The van der Waals surface area contributed by atoms with Crippen LogP contribution in [-0.2, 0) is 0 Å². The van der Waals surface area contributed by atoms with Crippen molar-refractivity contribution < 1.29 is 0 Å². The largest absolute Gasteiger partial charge is 0.378 e. The number of likely N-dealkylation sites (tertiary alicyclic amines) is 1. The molecule has 1 atom stereocenters. The zero-order valence-corrected chi connectivity index (χ0v) is 9.95. The second kappa shape index (κ2) is 4.22. The average Bonchev–Trinajstić information content (AvgIpc) is 3.03. The van der Waals surface area contributed by atoms with Crippen molar-refractivity contribution in [2.75, 3.05) is 18.4 Å². The van der Waals surface area contributed by atoms with Gasteiger partial charge in [-0.1, -0.05) is 11.6 Å². The minimum Gasteiger partial charge on any atom is -0.378 e. The molecule has 2 heterocycles. The third-order valence-electron chi connectivity index (χ3n) is 3.40. The van der Waals surface area contributed by atoms with Crippen LogP contribution in [0.3, 0.4) is 0 Å². The maximum absolute atomic E-state index is 6.03. The molecular weight excluding hydrogens is 222 g/mol. The van der Waals surface area contributed by atoms with E-state index in [4.69, 9.17) is 11.6 Å². The van der Waals surface area contributed by atoms with Gasteiger partial charge in [0.1, 0.15) is 0 Å². The van der Waals surface area contributed by atoms with Crippen molar-refractivity contribution in [3.05, 3.63) is 23.5 Å². The van der Waals surface area contributed by atoms with Crippen molar-refractivity contribution in [1.82, 2.24) is 9.88 Å². The number of rotatable bonds is 3. The summed E-state index contributed by atoms with van der Waals surface area (Å²) in [7, 11) is 0. The number of hydrogen-bond acceptors (Lipinski definition) is 3. The molecule has 0 spiro atoms. The fourth-order valence-corrected chi connectivity index (χ4v) is 2.56. The van der Waals surface area contributed by atoms with Gasteiger partial charge in [0.05, 0.1) is 5.69 Å². The number of pyridine rings is 1. The van der Waals surface area contributed by atoms with Crippen LogP contribution < -0.4 is 5.32 Å². The molecule has 86 valence electrons. The van der Waals surface area contributed by atoms with Gasteiger partial charge in [-0.15, -0.1) is 0 Å². The maximum Gasteiger partial charge on any atom is 0.152 e. The Labute approximate surface area is 101 Å². The van der Waals surface area contributed by atoms with Gasteiger partial charge in [-0.3, -0.25) is 4.90 Å². The Morgan fingerprint density at radius 1 is 1.38 bits per heavy atom. The lowest BCUT2D eigenvalue weighted by Crippen LogP contribution is -2.27. The summed E-state index contributed by atoms with van der Waals surface area (Å²) in [4.78, 5) is 6.66. The molecule has 2 aliphatic rings. The van der Waals surface area contributed by atoms with Gasteiger partial charge in [0, 0.05) is 31.4 Å². The van der Waals surface area contributed by atoms with Gasteiger partial charge < -0.3 is 5.32 Å². The average molecular weight is 238 g/mol. The smallest absolute Gasteiger partial charge is 0.152 e. The molecule has 2 fully saturated rings. The summed E-state index contributed by atoms with van der Waals surface area (Å²) >= 11 is 6.03. The minimum atomic E-state index is 0.530. The molecule has 3 rings (SSSR count). The Morgan fingerprint density at radius 2 is 2.25 bits per heavy atom. The molecule has 1 aliphatic carbocycles. The molecule has 0 radical (unpaired) electrons. The van der Waals surface area contributed by atoms with Crippen LogP contribution in [-0.4, -0.2) is 35.1 Å². The van der Waals surface area contributed by atoms with Gasteiger partial charge in [-0.25, -0.2) is 4.98 Å². The van der Waals surface area contributed by atoms with Gasteiger partial charge in [0.25, 0.3) is 0 Å². The molecule has 1 N–H and O–H groups in total. The lowest BCUT2D eigenvalue weighted by molar-refractivity contribution is 0.326. The van der Waals surface area contributed by atoms with Crippen molar-refractivity contribution in [3.63, 3.8) is 0 Å². The Hall–Kier alpha value is -0.800. The minimum absolute atomic E-state index is 0.530. The topological polar surface area (TPSA) is 28.2 Å². The highest BCUT2D eigenvalue weighted by molar-refractivity contribution is 6.31. The second-order valence-electron chi connectivity index (χ2n) is 4.70. The summed E-state index contributed by atoms with van der Waals surface area (Å²) in [5.74, 6) is 0. The normalized spacial score (nSPS) is 25.9. The summed E-state index contributed by atoms with van der Waals surface area (Å²) in [6, 6.07) is 5.31. The van der Waals surface area contributed by atoms with Crippen LogP contribution in [0.2, 0.25) is 5.15 Å². The molecular formula is C12H16ClN3. The van der Waals surface area contributed by atoms with E-state index in [9.17, 15) is 0 Å². The predicted octanol–water partition coefficient (Wildman–Crippen LogP) is 2.38. The number of nitrogens with zero attached hydrogens (tertiary/aromatic N) is 2. The zero-order valence-electron chi connectivity index (χ0n) is 9.19. The SMILES string of the molecule is Clc1ncccc1NC1CCN(C2CC2)C1. The molecule has 1 aliphatic heterocycles. The first kappa shape index (κ1) is 10.4. The van der Waals surface area contributed by atoms with Crippen LogP contribution >= 0.6 is 11.6 Å². The Kier molecular flexibility index (Phi) is 2.74. The molecule has 0 amide bonds. The quantitative estimate of drug-likeness (QED) is 0.819. The van der Waals surface area contributed by atoms with Crippen molar-refractivity contribution in [3.8, 4) is 0 Å². The molecule has 1 saturated heterocycles. The Bertz CT molecular complexity index is 378. The van der Waals surface area contributed by atoms with Crippen LogP contribution in [0, 0.1) is 0 Å². The van der Waals surface area contributed by atoms with Crippen LogP contribution in [0.5, 0.6) is 0 Å². The third kappa shape index (κ3) is 2.15. The van der Waals surface area contributed by atoms with E-state index >= 15 is 0 Å². The van der Waals surface area contributed by atoms with E-state index in [-0.39, 0.29) is 0 Å². The zero-order chi connectivity index (χ0) is 11.0. The number of anilines is 1. The van der Waals surface area contributed by atoms with E-state index in [1.807, 2.05) is 12.1 Å². The highest BCUT2D eigenvalue weighted by atomic mass is 35.5.